The summed E-state index contributed by atoms with van der Waals surface area (Å²) in [6.07, 6.45) is 2.31. The maximum atomic E-state index is 11.8. The predicted molar refractivity (Wildman–Crippen MR) is 73.0 cm³/mol. The molecule has 1 amide bonds. The fourth-order valence-electron chi connectivity index (χ4n) is 1.59. The topological polar surface area (TPSA) is 62.2 Å². The first-order chi connectivity index (χ1) is 9.16. The number of rotatable bonds is 4. The third kappa shape index (κ3) is 3.77. The largest absolute Gasteiger partial charge is 0.387 e. The van der Waals surface area contributed by atoms with E-state index in [1.54, 1.807) is 42.6 Å². The van der Waals surface area contributed by atoms with Crippen molar-refractivity contribution in [2.75, 3.05) is 6.54 Å². The second-order valence-corrected chi connectivity index (χ2v) is 4.46. The van der Waals surface area contributed by atoms with E-state index >= 15 is 0 Å². The van der Waals surface area contributed by atoms with E-state index in [0.29, 0.717) is 16.1 Å². The first-order valence-electron chi connectivity index (χ1n) is 5.78. The van der Waals surface area contributed by atoms with Crippen LogP contribution in [0.3, 0.4) is 0 Å². The lowest BCUT2D eigenvalue weighted by Crippen LogP contribution is -2.28. The van der Waals surface area contributed by atoms with Gasteiger partial charge < -0.3 is 10.4 Å². The van der Waals surface area contributed by atoms with Crippen molar-refractivity contribution in [1.82, 2.24) is 10.3 Å². The van der Waals surface area contributed by atoms with Crippen molar-refractivity contribution >= 4 is 17.5 Å². The van der Waals surface area contributed by atoms with Crippen molar-refractivity contribution in [1.29, 1.82) is 0 Å². The monoisotopic (exact) mass is 276 g/mol. The number of nitrogens with zero attached hydrogens (tertiary/aromatic N) is 1. The minimum absolute atomic E-state index is 0.134. The van der Waals surface area contributed by atoms with Gasteiger partial charge in [-0.2, -0.15) is 0 Å². The summed E-state index contributed by atoms with van der Waals surface area (Å²) in [6, 6.07) is 10.2. The molecule has 5 heteroatoms. The van der Waals surface area contributed by atoms with Crippen LogP contribution >= 0.6 is 11.6 Å². The van der Waals surface area contributed by atoms with Crippen LogP contribution in [0.25, 0.3) is 0 Å². The molecule has 1 aromatic carbocycles. The highest BCUT2D eigenvalue weighted by molar-refractivity contribution is 6.30. The molecule has 2 aromatic rings. The number of aliphatic hydroxyl groups is 1. The lowest BCUT2D eigenvalue weighted by atomic mass is 10.1. The van der Waals surface area contributed by atoms with Gasteiger partial charge in [-0.3, -0.25) is 9.78 Å². The lowest BCUT2D eigenvalue weighted by molar-refractivity contribution is 0.0916. The quantitative estimate of drug-likeness (QED) is 0.900. The SMILES string of the molecule is O=C(NCC(O)c1ccc(Cl)cc1)c1cccnc1. The van der Waals surface area contributed by atoms with Gasteiger partial charge in [0.15, 0.2) is 0 Å². The summed E-state index contributed by atoms with van der Waals surface area (Å²) in [5.41, 5.74) is 1.17. The van der Waals surface area contributed by atoms with E-state index in [0.717, 1.165) is 0 Å². The Hall–Kier alpha value is -1.91. The van der Waals surface area contributed by atoms with Crippen molar-refractivity contribution in [2.45, 2.75) is 6.10 Å². The number of carbonyl (C=O) groups excluding carboxylic acids is 1. The van der Waals surface area contributed by atoms with E-state index in [9.17, 15) is 9.90 Å². The number of nitrogens with one attached hydrogen (secondary N) is 1. The number of aromatic nitrogens is 1. The van der Waals surface area contributed by atoms with Crippen LogP contribution in [-0.2, 0) is 0 Å². The smallest absolute Gasteiger partial charge is 0.252 e. The molecule has 1 atom stereocenters. The number of benzene rings is 1. The van der Waals surface area contributed by atoms with Gasteiger partial charge in [0.2, 0.25) is 0 Å². The zero-order valence-corrected chi connectivity index (χ0v) is 10.8. The third-order valence-corrected chi connectivity index (χ3v) is 2.89. The molecule has 0 bridgehead atoms. The molecule has 1 aromatic heterocycles. The van der Waals surface area contributed by atoms with E-state index < -0.39 is 6.10 Å². The zero-order chi connectivity index (χ0) is 13.7. The predicted octanol–water partition coefficient (Wildman–Crippen LogP) is 2.20. The maximum Gasteiger partial charge on any atom is 0.252 e. The van der Waals surface area contributed by atoms with Crippen molar-refractivity contribution in [3.8, 4) is 0 Å². The number of carbonyl (C=O) groups is 1. The molecule has 2 rings (SSSR count). The Balaban J connectivity index is 1.92. The molecule has 4 nitrogen and oxygen atoms in total. The molecular weight excluding hydrogens is 264 g/mol. The average molecular weight is 277 g/mol. The van der Waals surface area contributed by atoms with Crippen molar-refractivity contribution in [3.05, 3.63) is 64.9 Å². The highest BCUT2D eigenvalue weighted by Gasteiger charge is 2.10. The number of hydrogen-bond acceptors (Lipinski definition) is 3. The van der Waals surface area contributed by atoms with Crippen LogP contribution in [0.1, 0.15) is 22.0 Å². The van der Waals surface area contributed by atoms with E-state index in [1.807, 2.05) is 0 Å². The Bertz CT molecular complexity index is 543. The van der Waals surface area contributed by atoms with Crippen molar-refractivity contribution in [2.24, 2.45) is 0 Å². The molecule has 98 valence electrons. The van der Waals surface area contributed by atoms with Crippen LogP contribution in [0, 0.1) is 0 Å². The molecule has 0 aliphatic heterocycles. The summed E-state index contributed by atoms with van der Waals surface area (Å²) in [5.74, 6) is -0.263. The number of hydrogen-bond donors (Lipinski definition) is 2. The highest BCUT2D eigenvalue weighted by Crippen LogP contribution is 2.15. The summed E-state index contributed by atoms with van der Waals surface area (Å²) >= 11 is 5.77. The van der Waals surface area contributed by atoms with Crippen LogP contribution in [0.4, 0.5) is 0 Å². The fourth-order valence-corrected chi connectivity index (χ4v) is 1.72. The molecule has 1 heterocycles. The number of aliphatic hydroxyl groups excluding tert-OH is 1. The Morgan fingerprint density at radius 2 is 2.05 bits per heavy atom. The van der Waals surface area contributed by atoms with Gasteiger partial charge in [0, 0.05) is 24.0 Å². The Morgan fingerprint density at radius 1 is 1.32 bits per heavy atom. The van der Waals surface area contributed by atoms with Gasteiger partial charge in [-0.15, -0.1) is 0 Å². The maximum absolute atomic E-state index is 11.8. The van der Waals surface area contributed by atoms with E-state index in [-0.39, 0.29) is 12.5 Å². The zero-order valence-electron chi connectivity index (χ0n) is 10.1. The van der Waals surface area contributed by atoms with Gasteiger partial charge in [-0.05, 0) is 29.8 Å². The van der Waals surface area contributed by atoms with Crippen molar-refractivity contribution in [3.63, 3.8) is 0 Å². The average Bonchev–Trinajstić information content (AvgIpc) is 2.46. The Morgan fingerprint density at radius 3 is 2.68 bits per heavy atom. The first kappa shape index (κ1) is 13.5. The Labute approximate surface area is 116 Å². The molecule has 0 aliphatic rings. The summed E-state index contributed by atoms with van der Waals surface area (Å²) < 4.78 is 0. The van der Waals surface area contributed by atoms with Gasteiger partial charge in [0.25, 0.3) is 5.91 Å². The second kappa shape index (κ2) is 6.31. The fraction of sp³-hybridized carbons (Fsp3) is 0.143. The first-order valence-corrected chi connectivity index (χ1v) is 6.16. The number of halogens is 1. The normalized spacial score (nSPS) is 11.9. The van der Waals surface area contributed by atoms with Gasteiger partial charge in [-0.25, -0.2) is 0 Å². The molecule has 19 heavy (non-hydrogen) atoms. The summed E-state index contributed by atoms with van der Waals surface area (Å²) in [7, 11) is 0. The highest BCUT2D eigenvalue weighted by atomic mass is 35.5. The van der Waals surface area contributed by atoms with Gasteiger partial charge in [0.05, 0.1) is 11.7 Å². The minimum Gasteiger partial charge on any atom is -0.387 e. The lowest BCUT2D eigenvalue weighted by Gasteiger charge is -2.12. The van der Waals surface area contributed by atoms with Gasteiger partial charge in [0.1, 0.15) is 0 Å². The van der Waals surface area contributed by atoms with Crippen molar-refractivity contribution < 1.29 is 9.90 Å². The molecule has 0 saturated carbocycles. The minimum atomic E-state index is -0.766. The molecular formula is C14H13ClN2O2. The molecule has 0 spiro atoms. The summed E-state index contributed by atoms with van der Waals surface area (Å²) in [4.78, 5) is 15.6. The van der Waals surface area contributed by atoms with Gasteiger partial charge in [-0.1, -0.05) is 23.7 Å². The molecule has 1 unspecified atom stereocenters. The third-order valence-electron chi connectivity index (χ3n) is 2.63. The van der Waals surface area contributed by atoms with E-state index in [1.165, 1.54) is 6.20 Å². The number of amides is 1. The standard InChI is InChI=1S/C14H13ClN2O2/c15-12-5-3-10(4-6-12)13(18)9-17-14(19)11-2-1-7-16-8-11/h1-8,13,18H,9H2,(H,17,19). The summed E-state index contributed by atoms with van der Waals surface area (Å²) in [5, 5.41) is 13.2. The van der Waals surface area contributed by atoms with Crippen LogP contribution in [0.2, 0.25) is 5.02 Å². The van der Waals surface area contributed by atoms with Crippen LogP contribution in [0.15, 0.2) is 48.8 Å². The van der Waals surface area contributed by atoms with Crippen LogP contribution in [-0.4, -0.2) is 22.5 Å². The second-order valence-electron chi connectivity index (χ2n) is 4.02. The van der Waals surface area contributed by atoms with Crippen LogP contribution < -0.4 is 5.32 Å². The molecule has 0 fully saturated rings. The molecule has 0 aliphatic carbocycles. The van der Waals surface area contributed by atoms with E-state index in [4.69, 9.17) is 11.6 Å². The molecule has 0 saturated heterocycles. The molecule has 2 N–H and O–H groups in total. The van der Waals surface area contributed by atoms with Gasteiger partial charge >= 0.3 is 0 Å². The Kier molecular flexibility index (Phi) is 4.49. The van der Waals surface area contributed by atoms with Crippen LogP contribution in [0.5, 0.6) is 0 Å². The number of pyridine rings is 1. The van der Waals surface area contributed by atoms with E-state index in [2.05, 4.69) is 10.3 Å². The molecule has 0 radical (unpaired) electrons. The summed E-state index contributed by atoms with van der Waals surface area (Å²) in [6.45, 7) is 0.134.